The lowest BCUT2D eigenvalue weighted by atomic mass is 10.3. The summed E-state index contributed by atoms with van der Waals surface area (Å²) >= 11 is 7.35. The van der Waals surface area contributed by atoms with E-state index >= 15 is 0 Å². The molecule has 0 aliphatic carbocycles. The van der Waals surface area contributed by atoms with Crippen molar-refractivity contribution in [2.45, 2.75) is 13.0 Å². The molecule has 19 heavy (non-hydrogen) atoms. The fourth-order valence-corrected chi connectivity index (χ4v) is 2.71. The highest BCUT2D eigenvalue weighted by molar-refractivity contribution is 7.07. The molecule has 3 rings (SSSR count). The summed E-state index contributed by atoms with van der Waals surface area (Å²) in [6.07, 6.45) is 0.744. The molecule has 0 bridgehead atoms. The minimum absolute atomic E-state index is 0.0716. The molecule has 0 unspecified atom stereocenters. The maximum atomic E-state index is 13.4. The number of imidazole rings is 1. The summed E-state index contributed by atoms with van der Waals surface area (Å²) in [7, 11) is 0. The first-order valence-corrected chi connectivity index (χ1v) is 6.95. The van der Waals surface area contributed by atoms with Crippen LogP contribution in [0.3, 0.4) is 0 Å². The van der Waals surface area contributed by atoms with Gasteiger partial charge in [-0.3, -0.25) is 0 Å². The van der Waals surface area contributed by atoms with E-state index in [-0.39, 0.29) is 5.02 Å². The number of benzene rings is 1. The van der Waals surface area contributed by atoms with E-state index in [0.717, 1.165) is 17.6 Å². The van der Waals surface area contributed by atoms with E-state index in [1.807, 2.05) is 9.95 Å². The summed E-state index contributed by atoms with van der Waals surface area (Å²) in [6.45, 7) is 0.633. The van der Waals surface area contributed by atoms with Crippen LogP contribution in [0.2, 0.25) is 5.02 Å². The number of nitrogens with zero attached hydrogens (tertiary/aromatic N) is 3. The number of aryl methyl sites for hydroxylation is 2. The first-order valence-electron chi connectivity index (χ1n) is 5.63. The fourth-order valence-electron chi connectivity index (χ4n) is 1.96. The molecule has 7 heteroatoms. The predicted molar refractivity (Wildman–Crippen MR) is 74.9 cm³/mol. The number of nitrogens with two attached hydrogens (primary N) is 1. The molecule has 1 aromatic carbocycles. The lowest BCUT2D eigenvalue weighted by Gasteiger charge is -2.05. The molecule has 0 aliphatic rings. The minimum atomic E-state index is -0.488. The second-order valence-electron chi connectivity index (χ2n) is 4.11. The van der Waals surface area contributed by atoms with Crippen LogP contribution in [0, 0.1) is 5.82 Å². The van der Waals surface area contributed by atoms with Gasteiger partial charge in [0.2, 0.25) is 5.95 Å². The SMILES string of the molecule is Nc1nc2cc(F)c(Cl)cc2n1CCc1cscn1. The van der Waals surface area contributed by atoms with Gasteiger partial charge in [0.05, 0.1) is 27.3 Å². The van der Waals surface area contributed by atoms with E-state index in [0.29, 0.717) is 18.0 Å². The zero-order chi connectivity index (χ0) is 13.4. The summed E-state index contributed by atoms with van der Waals surface area (Å²) in [5.74, 6) is -0.134. The molecule has 0 aliphatic heterocycles. The zero-order valence-corrected chi connectivity index (χ0v) is 11.4. The van der Waals surface area contributed by atoms with Gasteiger partial charge in [0.25, 0.3) is 0 Å². The average molecular weight is 297 g/mol. The Balaban J connectivity index is 1.98. The van der Waals surface area contributed by atoms with Crippen LogP contribution in [0.1, 0.15) is 5.69 Å². The van der Waals surface area contributed by atoms with E-state index in [4.69, 9.17) is 17.3 Å². The maximum Gasteiger partial charge on any atom is 0.201 e. The van der Waals surface area contributed by atoms with Crippen LogP contribution < -0.4 is 5.73 Å². The lowest BCUT2D eigenvalue weighted by Crippen LogP contribution is -2.05. The van der Waals surface area contributed by atoms with Gasteiger partial charge in [0.15, 0.2) is 0 Å². The molecule has 2 aromatic heterocycles. The van der Waals surface area contributed by atoms with E-state index in [2.05, 4.69) is 9.97 Å². The molecule has 0 saturated carbocycles. The highest BCUT2D eigenvalue weighted by Gasteiger charge is 2.12. The topological polar surface area (TPSA) is 56.7 Å². The Labute approximate surface area is 117 Å². The van der Waals surface area contributed by atoms with Gasteiger partial charge in [-0.25, -0.2) is 14.4 Å². The molecular formula is C12H10ClFN4S. The first-order chi connectivity index (χ1) is 9.15. The van der Waals surface area contributed by atoms with Crippen molar-refractivity contribution in [3.63, 3.8) is 0 Å². The van der Waals surface area contributed by atoms with Gasteiger partial charge in [0, 0.05) is 24.4 Å². The maximum absolute atomic E-state index is 13.4. The van der Waals surface area contributed by atoms with Crippen molar-refractivity contribution >= 4 is 39.9 Å². The standard InChI is InChI=1S/C12H10ClFN4S/c13-8-3-11-10(4-9(8)14)17-12(15)18(11)2-1-7-5-19-6-16-7/h3-6H,1-2H2,(H2,15,17). The van der Waals surface area contributed by atoms with Crippen LogP contribution in [-0.4, -0.2) is 14.5 Å². The summed E-state index contributed by atoms with van der Waals surface area (Å²) < 4.78 is 15.2. The Morgan fingerprint density at radius 2 is 2.26 bits per heavy atom. The van der Waals surface area contributed by atoms with E-state index in [9.17, 15) is 4.39 Å². The Morgan fingerprint density at radius 1 is 1.42 bits per heavy atom. The molecule has 3 aromatic rings. The smallest absolute Gasteiger partial charge is 0.201 e. The van der Waals surface area contributed by atoms with Gasteiger partial charge in [-0.1, -0.05) is 11.6 Å². The number of rotatable bonds is 3. The second kappa shape index (κ2) is 4.79. The molecule has 0 saturated heterocycles. The van der Waals surface area contributed by atoms with E-state index in [1.54, 1.807) is 22.9 Å². The molecule has 0 atom stereocenters. The van der Waals surface area contributed by atoms with Crippen molar-refractivity contribution in [1.82, 2.24) is 14.5 Å². The van der Waals surface area contributed by atoms with Crippen molar-refractivity contribution in [2.75, 3.05) is 5.73 Å². The quantitative estimate of drug-likeness (QED) is 0.808. The van der Waals surface area contributed by atoms with Crippen LogP contribution in [0.15, 0.2) is 23.0 Å². The van der Waals surface area contributed by atoms with Gasteiger partial charge in [-0.05, 0) is 6.07 Å². The number of halogens is 2. The number of fused-ring (bicyclic) bond motifs is 1. The second-order valence-corrected chi connectivity index (χ2v) is 5.23. The van der Waals surface area contributed by atoms with Crippen LogP contribution >= 0.6 is 22.9 Å². The molecule has 2 N–H and O–H groups in total. The predicted octanol–water partition coefficient (Wildman–Crippen LogP) is 3.11. The first kappa shape index (κ1) is 12.4. The monoisotopic (exact) mass is 296 g/mol. The Bertz CT molecular complexity index is 723. The molecule has 0 fully saturated rings. The zero-order valence-electron chi connectivity index (χ0n) is 9.81. The highest BCUT2D eigenvalue weighted by atomic mass is 35.5. The Morgan fingerprint density at radius 3 is 3.00 bits per heavy atom. The van der Waals surface area contributed by atoms with Gasteiger partial charge in [-0.15, -0.1) is 11.3 Å². The Hall–Kier alpha value is -1.66. The van der Waals surface area contributed by atoms with Crippen LogP contribution in [0.4, 0.5) is 10.3 Å². The van der Waals surface area contributed by atoms with Crippen LogP contribution in [-0.2, 0) is 13.0 Å². The highest BCUT2D eigenvalue weighted by Crippen LogP contribution is 2.25. The van der Waals surface area contributed by atoms with Gasteiger partial charge >= 0.3 is 0 Å². The summed E-state index contributed by atoms with van der Waals surface area (Å²) in [5.41, 5.74) is 9.90. The molecular weight excluding hydrogens is 287 g/mol. The number of hydrogen-bond donors (Lipinski definition) is 1. The fraction of sp³-hybridized carbons (Fsp3) is 0.167. The number of thiazole rings is 1. The molecule has 0 amide bonds. The van der Waals surface area contributed by atoms with Crippen LogP contribution in [0.25, 0.3) is 11.0 Å². The number of hydrogen-bond acceptors (Lipinski definition) is 4. The third-order valence-electron chi connectivity index (χ3n) is 2.89. The lowest BCUT2D eigenvalue weighted by molar-refractivity contribution is 0.629. The van der Waals surface area contributed by atoms with Crippen molar-refractivity contribution in [3.05, 3.63) is 39.6 Å². The molecule has 4 nitrogen and oxygen atoms in total. The number of anilines is 1. The van der Waals surface area contributed by atoms with Gasteiger partial charge < -0.3 is 10.3 Å². The summed E-state index contributed by atoms with van der Waals surface area (Å²) in [4.78, 5) is 8.35. The van der Waals surface area contributed by atoms with Gasteiger partial charge in [0.1, 0.15) is 5.82 Å². The van der Waals surface area contributed by atoms with Crippen molar-refractivity contribution in [1.29, 1.82) is 0 Å². The minimum Gasteiger partial charge on any atom is -0.369 e. The normalized spacial score (nSPS) is 11.3. The van der Waals surface area contributed by atoms with E-state index < -0.39 is 5.82 Å². The van der Waals surface area contributed by atoms with Crippen LogP contribution in [0.5, 0.6) is 0 Å². The van der Waals surface area contributed by atoms with Crippen molar-refractivity contribution < 1.29 is 4.39 Å². The number of aromatic nitrogens is 3. The summed E-state index contributed by atoms with van der Waals surface area (Å²) in [5, 5.41) is 2.06. The third-order valence-corrected chi connectivity index (χ3v) is 3.82. The largest absolute Gasteiger partial charge is 0.369 e. The van der Waals surface area contributed by atoms with Crippen molar-refractivity contribution in [3.8, 4) is 0 Å². The van der Waals surface area contributed by atoms with E-state index in [1.165, 1.54) is 6.07 Å². The Kier molecular flexibility index (Phi) is 3.12. The van der Waals surface area contributed by atoms with Crippen molar-refractivity contribution in [2.24, 2.45) is 0 Å². The molecule has 2 heterocycles. The molecule has 98 valence electrons. The number of nitrogen functional groups attached to an aromatic ring is 1. The van der Waals surface area contributed by atoms with Gasteiger partial charge in [-0.2, -0.15) is 0 Å². The summed E-state index contributed by atoms with van der Waals surface area (Å²) in [6, 6.07) is 2.85. The third kappa shape index (κ3) is 2.29. The molecule has 0 spiro atoms. The average Bonchev–Trinajstić information content (AvgIpc) is 2.96. The molecule has 0 radical (unpaired) electrons.